The number of carbonyl (C=O) groups is 1. The number of nitrogens with one attached hydrogen (secondary N) is 1. The van der Waals surface area contributed by atoms with Crippen molar-refractivity contribution in [2.24, 2.45) is 5.92 Å². The zero-order valence-electron chi connectivity index (χ0n) is 11.8. The molecule has 2 saturated heterocycles. The number of hydrogen-bond acceptors (Lipinski definition) is 4. The number of nitrogens with zero attached hydrogens (tertiary/aromatic N) is 3. The molecular formula is C15H22N4O. The highest BCUT2D eigenvalue weighted by Gasteiger charge is 2.25. The van der Waals surface area contributed by atoms with E-state index < -0.39 is 0 Å². The number of carbonyl (C=O) groups excluding carboxylic acids is 1. The SMILES string of the molecule is O=C(CC1CNC1)N1CCN(Cc2ccncc2)CC1. The van der Waals surface area contributed by atoms with Crippen LogP contribution in [0.3, 0.4) is 0 Å². The lowest BCUT2D eigenvalue weighted by Gasteiger charge is -2.36. The van der Waals surface area contributed by atoms with Crippen molar-refractivity contribution in [3.05, 3.63) is 30.1 Å². The fourth-order valence-corrected chi connectivity index (χ4v) is 2.77. The van der Waals surface area contributed by atoms with Crippen LogP contribution < -0.4 is 5.32 Å². The van der Waals surface area contributed by atoms with E-state index in [0.29, 0.717) is 11.8 Å². The van der Waals surface area contributed by atoms with Crippen LogP contribution >= 0.6 is 0 Å². The molecule has 1 amide bonds. The minimum atomic E-state index is 0.333. The van der Waals surface area contributed by atoms with Gasteiger partial charge in [-0.1, -0.05) is 0 Å². The van der Waals surface area contributed by atoms with Gasteiger partial charge in [-0.3, -0.25) is 14.7 Å². The van der Waals surface area contributed by atoms with E-state index in [4.69, 9.17) is 0 Å². The van der Waals surface area contributed by atoms with Crippen LogP contribution in [0.4, 0.5) is 0 Å². The van der Waals surface area contributed by atoms with Gasteiger partial charge in [-0.15, -0.1) is 0 Å². The summed E-state index contributed by atoms with van der Waals surface area (Å²) in [6.45, 7) is 6.64. The third-order valence-electron chi connectivity index (χ3n) is 4.21. The van der Waals surface area contributed by atoms with Crippen molar-refractivity contribution in [1.82, 2.24) is 20.1 Å². The fourth-order valence-electron chi connectivity index (χ4n) is 2.77. The predicted octanol–water partition coefficient (Wildman–Crippen LogP) is 0.335. The van der Waals surface area contributed by atoms with Crippen LogP contribution in [0.1, 0.15) is 12.0 Å². The fraction of sp³-hybridized carbons (Fsp3) is 0.600. The first-order valence-electron chi connectivity index (χ1n) is 7.41. The Labute approximate surface area is 120 Å². The molecule has 0 radical (unpaired) electrons. The molecule has 2 aliphatic heterocycles. The normalized spacial score (nSPS) is 20.7. The molecule has 0 bridgehead atoms. The van der Waals surface area contributed by atoms with Gasteiger partial charge in [-0.25, -0.2) is 0 Å². The monoisotopic (exact) mass is 274 g/mol. The molecule has 0 saturated carbocycles. The smallest absolute Gasteiger partial charge is 0.223 e. The highest BCUT2D eigenvalue weighted by atomic mass is 16.2. The summed E-state index contributed by atoms with van der Waals surface area (Å²) in [5.74, 6) is 0.900. The molecule has 3 heterocycles. The van der Waals surface area contributed by atoms with Gasteiger partial charge in [0.05, 0.1) is 0 Å². The average molecular weight is 274 g/mol. The Morgan fingerprint density at radius 2 is 1.90 bits per heavy atom. The molecule has 1 N–H and O–H groups in total. The zero-order chi connectivity index (χ0) is 13.8. The second-order valence-corrected chi connectivity index (χ2v) is 5.74. The molecule has 5 nitrogen and oxygen atoms in total. The average Bonchev–Trinajstić information content (AvgIpc) is 2.44. The predicted molar refractivity (Wildman–Crippen MR) is 77.1 cm³/mol. The van der Waals surface area contributed by atoms with E-state index in [1.54, 1.807) is 0 Å². The quantitative estimate of drug-likeness (QED) is 0.860. The number of amides is 1. The highest BCUT2D eigenvalue weighted by molar-refractivity contribution is 5.76. The molecule has 1 aromatic rings. The maximum Gasteiger partial charge on any atom is 0.223 e. The van der Waals surface area contributed by atoms with Gasteiger partial charge in [-0.2, -0.15) is 0 Å². The third kappa shape index (κ3) is 3.35. The topological polar surface area (TPSA) is 48.5 Å². The Morgan fingerprint density at radius 1 is 1.20 bits per heavy atom. The Morgan fingerprint density at radius 3 is 2.50 bits per heavy atom. The minimum Gasteiger partial charge on any atom is -0.340 e. The van der Waals surface area contributed by atoms with Crippen LogP contribution in [-0.4, -0.2) is 60.0 Å². The van der Waals surface area contributed by atoms with Crippen molar-refractivity contribution < 1.29 is 4.79 Å². The van der Waals surface area contributed by atoms with Crippen LogP contribution in [0.5, 0.6) is 0 Å². The molecule has 3 rings (SSSR count). The summed E-state index contributed by atoms with van der Waals surface area (Å²) in [6, 6.07) is 4.11. The molecule has 1 aromatic heterocycles. The van der Waals surface area contributed by atoms with E-state index in [2.05, 4.69) is 27.3 Å². The van der Waals surface area contributed by atoms with Gasteiger partial charge in [0.25, 0.3) is 0 Å². The van der Waals surface area contributed by atoms with Crippen molar-refractivity contribution >= 4 is 5.91 Å². The summed E-state index contributed by atoms with van der Waals surface area (Å²) in [6.07, 6.45) is 4.39. The Balaban J connectivity index is 1.43. The molecule has 0 unspecified atom stereocenters. The third-order valence-corrected chi connectivity index (χ3v) is 4.21. The van der Waals surface area contributed by atoms with Gasteiger partial charge in [0.15, 0.2) is 0 Å². The molecule has 20 heavy (non-hydrogen) atoms. The van der Waals surface area contributed by atoms with Crippen LogP contribution in [-0.2, 0) is 11.3 Å². The minimum absolute atomic E-state index is 0.333. The first kappa shape index (κ1) is 13.5. The summed E-state index contributed by atoms with van der Waals surface area (Å²) in [5, 5.41) is 3.22. The first-order valence-corrected chi connectivity index (χ1v) is 7.41. The van der Waals surface area contributed by atoms with Gasteiger partial charge >= 0.3 is 0 Å². The molecular weight excluding hydrogens is 252 g/mol. The lowest BCUT2D eigenvalue weighted by Crippen LogP contribution is -2.50. The lowest BCUT2D eigenvalue weighted by molar-refractivity contribution is -0.134. The molecule has 0 spiro atoms. The van der Waals surface area contributed by atoms with E-state index in [1.165, 1.54) is 5.56 Å². The Kier molecular flexibility index (Phi) is 4.28. The van der Waals surface area contributed by atoms with Crippen molar-refractivity contribution in [3.8, 4) is 0 Å². The molecule has 0 aromatic carbocycles. The van der Waals surface area contributed by atoms with E-state index in [-0.39, 0.29) is 0 Å². The number of rotatable bonds is 4. The van der Waals surface area contributed by atoms with Crippen LogP contribution in [0.15, 0.2) is 24.5 Å². The van der Waals surface area contributed by atoms with Gasteiger partial charge in [-0.05, 0) is 36.7 Å². The maximum absolute atomic E-state index is 12.1. The van der Waals surface area contributed by atoms with E-state index in [1.807, 2.05) is 17.3 Å². The summed E-state index contributed by atoms with van der Waals surface area (Å²) in [7, 11) is 0. The molecule has 5 heteroatoms. The molecule has 108 valence electrons. The number of hydrogen-bond donors (Lipinski definition) is 1. The highest BCUT2D eigenvalue weighted by Crippen LogP contribution is 2.13. The van der Waals surface area contributed by atoms with E-state index in [0.717, 1.165) is 52.2 Å². The number of pyridine rings is 1. The van der Waals surface area contributed by atoms with Gasteiger partial charge in [0.1, 0.15) is 0 Å². The lowest BCUT2D eigenvalue weighted by atomic mass is 9.98. The molecule has 0 atom stereocenters. The zero-order valence-corrected chi connectivity index (χ0v) is 11.8. The van der Waals surface area contributed by atoms with Crippen LogP contribution in [0.2, 0.25) is 0 Å². The standard InChI is InChI=1S/C15H22N4O/c20-15(9-14-10-17-11-14)19-7-5-18(6-8-19)12-13-1-3-16-4-2-13/h1-4,14,17H,5-12H2. The first-order chi connectivity index (χ1) is 9.81. The summed E-state index contributed by atoms with van der Waals surface area (Å²) >= 11 is 0. The Hall–Kier alpha value is -1.46. The second kappa shape index (κ2) is 6.33. The van der Waals surface area contributed by atoms with Crippen molar-refractivity contribution in [1.29, 1.82) is 0 Å². The van der Waals surface area contributed by atoms with Gasteiger partial charge < -0.3 is 10.2 Å². The maximum atomic E-state index is 12.1. The van der Waals surface area contributed by atoms with Gasteiger partial charge in [0.2, 0.25) is 5.91 Å². The summed E-state index contributed by atoms with van der Waals surface area (Å²) < 4.78 is 0. The van der Waals surface area contributed by atoms with E-state index in [9.17, 15) is 4.79 Å². The Bertz CT molecular complexity index is 438. The summed E-state index contributed by atoms with van der Waals surface area (Å²) in [4.78, 5) is 20.6. The van der Waals surface area contributed by atoms with Crippen LogP contribution in [0.25, 0.3) is 0 Å². The molecule has 0 aliphatic carbocycles. The molecule has 2 aliphatic rings. The number of aromatic nitrogens is 1. The molecule has 2 fully saturated rings. The van der Waals surface area contributed by atoms with Gasteiger partial charge in [0, 0.05) is 51.5 Å². The largest absolute Gasteiger partial charge is 0.340 e. The van der Waals surface area contributed by atoms with Crippen molar-refractivity contribution in [2.75, 3.05) is 39.3 Å². The summed E-state index contributed by atoms with van der Waals surface area (Å²) in [5.41, 5.74) is 1.29. The van der Waals surface area contributed by atoms with Crippen molar-refractivity contribution in [3.63, 3.8) is 0 Å². The van der Waals surface area contributed by atoms with Crippen molar-refractivity contribution in [2.45, 2.75) is 13.0 Å². The number of piperazine rings is 1. The second-order valence-electron chi connectivity index (χ2n) is 5.74. The van der Waals surface area contributed by atoms with Crippen LogP contribution in [0, 0.1) is 5.92 Å². The van der Waals surface area contributed by atoms with E-state index >= 15 is 0 Å².